The van der Waals surface area contributed by atoms with Gasteiger partial charge in [0.05, 0.1) is 25.0 Å². The maximum absolute atomic E-state index is 13.4. The third-order valence-corrected chi connectivity index (χ3v) is 6.06. The van der Waals surface area contributed by atoms with Crippen molar-refractivity contribution in [3.05, 3.63) is 71.5 Å². The average molecular weight is 434 g/mol. The van der Waals surface area contributed by atoms with Gasteiger partial charge in [-0.05, 0) is 63.2 Å². The number of benzene rings is 2. The highest BCUT2D eigenvalue weighted by atomic mass is 16.5. The van der Waals surface area contributed by atoms with E-state index in [1.165, 1.54) is 0 Å². The van der Waals surface area contributed by atoms with Gasteiger partial charge in [-0.1, -0.05) is 12.1 Å². The van der Waals surface area contributed by atoms with Gasteiger partial charge in [-0.25, -0.2) is 0 Å². The first-order chi connectivity index (χ1) is 15.5. The van der Waals surface area contributed by atoms with E-state index >= 15 is 0 Å². The van der Waals surface area contributed by atoms with Crippen LogP contribution in [-0.2, 0) is 0 Å². The minimum Gasteiger partial charge on any atom is -0.497 e. The van der Waals surface area contributed by atoms with Crippen LogP contribution in [0.15, 0.2) is 54.6 Å². The molecule has 1 aromatic heterocycles. The Morgan fingerprint density at radius 1 is 0.969 bits per heavy atom. The number of methoxy groups -OCH3 is 1. The molecule has 2 heterocycles. The molecule has 3 aromatic rings. The summed E-state index contributed by atoms with van der Waals surface area (Å²) < 4.78 is 13.2. The Balaban J connectivity index is 1.49. The fourth-order valence-electron chi connectivity index (χ4n) is 4.42. The molecule has 6 nitrogen and oxygen atoms in total. The molecule has 168 valence electrons. The number of para-hydroxylation sites is 2. The Morgan fingerprint density at radius 3 is 2.31 bits per heavy atom. The minimum atomic E-state index is 0.0932. The van der Waals surface area contributed by atoms with Crippen LogP contribution in [0.2, 0.25) is 0 Å². The van der Waals surface area contributed by atoms with Gasteiger partial charge in [0.1, 0.15) is 11.5 Å². The summed E-state index contributed by atoms with van der Waals surface area (Å²) in [7, 11) is 1.66. The molecule has 0 aliphatic carbocycles. The van der Waals surface area contributed by atoms with Gasteiger partial charge in [-0.3, -0.25) is 4.79 Å². The van der Waals surface area contributed by atoms with E-state index in [0.717, 1.165) is 52.9 Å². The van der Waals surface area contributed by atoms with E-state index in [4.69, 9.17) is 9.47 Å². The summed E-state index contributed by atoms with van der Waals surface area (Å²) in [5.41, 5.74) is 4.89. The Kier molecular flexibility index (Phi) is 6.40. The first-order valence-corrected chi connectivity index (χ1v) is 11.1. The van der Waals surface area contributed by atoms with Gasteiger partial charge in [-0.15, -0.1) is 0 Å². The van der Waals surface area contributed by atoms with Gasteiger partial charge in [0.15, 0.2) is 0 Å². The average Bonchev–Trinajstić information content (AvgIpc) is 3.13. The van der Waals surface area contributed by atoms with Gasteiger partial charge in [0, 0.05) is 43.3 Å². The molecular formula is C26H31N3O3. The minimum absolute atomic E-state index is 0.0932. The summed E-state index contributed by atoms with van der Waals surface area (Å²) in [5, 5.41) is 0. The maximum Gasteiger partial charge on any atom is 0.255 e. The quantitative estimate of drug-likeness (QED) is 0.576. The first-order valence-electron chi connectivity index (χ1n) is 11.1. The highest BCUT2D eigenvalue weighted by molar-refractivity contribution is 5.96. The van der Waals surface area contributed by atoms with Crippen LogP contribution in [-0.4, -0.2) is 55.3 Å². The van der Waals surface area contributed by atoms with E-state index < -0.39 is 0 Å². The monoisotopic (exact) mass is 433 g/mol. The molecule has 0 unspecified atom stereocenters. The lowest BCUT2D eigenvalue weighted by Gasteiger charge is -2.36. The van der Waals surface area contributed by atoms with Crippen LogP contribution in [0.1, 0.15) is 28.7 Å². The molecule has 4 rings (SSSR count). The molecule has 6 heteroatoms. The maximum atomic E-state index is 13.4. The number of aryl methyl sites for hydroxylation is 1. The SMILES string of the molecule is CCOc1ccccc1N1CCN(C(=O)c2cc(C)n(-c3ccc(OC)cc3)c2C)CC1. The number of nitrogens with zero attached hydrogens (tertiary/aromatic N) is 3. The summed E-state index contributed by atoms with van der Waals surface area (Å²) in [6, 6.07) is 18.0. The summed E-state index contributed by atoms with van der Waals surface area (Å²) in [6.07, 6.45) is 0. The van der Waals surface area contributed by atoms with E-state index in [0.29, 0.717) is 19.7 Å². The van der Waals surface area contributed by atoms with Crippen molar-refractivity contribution in [1.29, 1.82) is 0 Å². The molecule has 2 aromatic carbocycles. The summed E-state index contributed by atoms with van der Waals surface area (Å²) in [4.78, 5) is 17.6. The van der Waals surface area contributed by atoms with E-state index in [1.807, 2.05) is 74.2 Å². The van der Waals surface area contributed by atoms with Gasteiger partial charge in [0.2, 0.25) is 0 Å². The normalized spacial score (nSPS) is 13.9. The van der Waals surface area contributed by atoms with Crippen LogP contribution in [0.5, 0.6) is 11.5 Å². The summed E-state index contributed by atoms with van der Waals surface area (Å²) in [6.45, 7) is 9.63. The predicted octanol–water partition coefficient (Wildman–Crippen LogP) is 4.46. The highest BCUT2D eigenvalue weighted by Gasteiger charge is 2.26. The number of ether oxygens (including phenoxy) is 2. The zero-order valence-electron chi connectivity index (χ0n) is 19.3. The van der Waals surface area contributed by atoms with E-state index in [1.54, 1.807) is 7.11 Å². The molecule has 1 aliphatic rings. The van der Waals surface area contributed by atoms with Crippen LogP contribution < -0.4 is 14.4 Å². The Morgan fingerprint density at radius 2 is 1.66 bits per heavy atom. The van der Waals surface area contributed by atoms with Crippen molar-refractivity contribution in [2.75, 3.05) is 44.8 Å². The van der Waals surface area contributed by atoms with Gasteiger partial charge >= 0.3 is 0 Å². The molecule has 0 radical (unpaired) electrons. The van der Waals surface area contributed by atoms with Crippen molar-refractivity contribution in [1.82, 2.24) is 9.47 Å². The second-order valence-corrected chi connectivity index (χ2v) is 8.00. The lowest BCUT2D eigenvalue weighted by molar-refractivity contribution is 0.0746. The van der Waals surface area contributed by atoms with Crippen LogP contribution in [0.4, 0.5) is 5.69 Å². The second kappa shape index (κ2) is 9.39. The van der Waals surface area contributed by atoms with E-state index in [9.17, 15) is 4.79 Å². The standard InChI is InChI=1S/C26H31N3O3/c1-5-32-25-9-7-6-8-24(25)27-14-16-28(17-15-27)26(30)23-18-19(2)29(20(23)3)21-10-12-22(31-4)13-11-21/h6-13,18H,5,14-17H2,1-4H3. The fourth-order valence-corrected chi connectivity index (χ4v) is 4.42. The Hall–Kier alpha value is -3.41. The number of carbonyl (C=O) groups is 1. The van der Waals surface area contributed by atoms with Crippen molar-refractivity contribution in [2.45, 2.75) is 20.8 Å². The van der Waals surface area contributed by atoms with Crippen molar-refractivity contribution in [3.63, 3.8) is 0 Å². The number of amides is 1. The van der Waals surface area contributed by atoms with Gasteiger partial charge in [0.25, 0.3) is 5.91 Å². The number of rotatable bonds is 6. The number of aromatic nitrogens is 1. The third-order valence-electron chi connectivity index (χ3n) is 6.06. The molecule has 0 saturated carbocycles. The number of hydrogen-bond acceptors (Lipinski definition) is 4. The van der Waals surface area contributed by atoms with Crippen LogP contribution in [0.3, 0.4) is 0 Å². The fraction of sp³-hybridized carbons (Fsp3) is 0.346. The molecule has 1 saturated heterocycles. The molecule has 0 bridgehead atoms. The highest BCUT2D eigenvalue weighted by Crippen LogP contribution is 2.29. The predicted molar refractivity (Wildman–Crippen MR) is 128 cm³/mol. The van der Waals surface area contributed by atoms with Crippen LogP contribution >= 0.6 is 0 Å². The van der Waals surface area contributed by atoms with E-state index in [2.05, 4.69) is 15.5 Å². The van der Waals surface area contributed by atoms with Crippen molar-refractivity contribution < 1.29 is 14.3 Å². The van der Waals surface area contributed by atoms with E-state index in [-0.39, 0.29) is 5.91 Å². The molecular weight excluding hydrogens is 402 g/mol. The second-order valence-electron chi connectivity index (χ2n) is 8.00. The molecule has 1 aliphatic heterocycles. The first kappa shape index (κ1) is 21.8. The number of anilines is 1. The third kappa shape index (κ3) is 4.17. The van der Waals surface area contributed by atoms with Crippen molar-refractivity contribution in [3.8, 4) is 17.2 Å². The molecule has 32 heavy (non-hydrogen) atoms. The summed E-state index contributed by atoms with van der Waals surface area (Å²) >= 11 is 0. The Labute approximate surface area is 190 Å². The van der Waals surface area contributed by atoms with Crippen molar-refractivity contribution >= 4 is 11.6 Å². The lowest BCUT2D eigenvalue weighted by Crippen LogP contribution is -2.49. The topological polar surface area (TPSA) is 46.9 Å². The number of piperazine rings is 1. The zero-order valence-corrected chi connectivity index (χ0v) is 19.3. The Bertz CT molecular complexity index is 1080. The van der Waals surface area contributed by atoms with Crippen LogP contribution in [0, 0.1) is 13.8 Å². The summed E-state index contributed by atoms with van der Waals surface area (Å²) in [5.74, 6) is 1.81. The number of hydrogen-bond donors (Lipinski definition) is 0. The number of carbonyl (C=O) groups excluding carboxylic acids is 1. The van der Waals surface area contributed by atoms with Crippen LogP contribution in [0.25, 0.3) is 5.69 Å². The molecule has 0 spiro atoms. The largest absolute Gasteiger partial charge is 0.497 e. The van der Waals surface area contributed by atoms with Gasteiger partial charge in [-0.2, -0.15) is 0 Å². The smallest absolute Gasteiger partial charge is 0.255 e. The zero-order chi connectivity index (χ0) is 22.7. The molecule has 0 N–H and O–H groups in total. The molecule has 1 amide bonds. The molecule has 0 atom stereocenters. The molecule has 1 fully saturated rings. The lowest BCUT2D eigenvalue weighted by atomic mass is 10.1. The van der Waals surface area contributed by atoms with Gasteiger partial charge < -0.3 is 23.8 Å². The van der Waals surface area contributed by atoms with Crippen molar-refractivity contribution in [2.24, 2.45) is 0 Å².